The van der Waals surface area contributed by atoms with Gasteiger partial charge in [0.05, 0.1) is 21.7 Å². The van der Waals surface area contributed by atoms with Crippen LogP contribution in [-0.4, -0.2) is 33.3 Å². The Hall–Kier alpha value is -3.27. The van der Waals surface area contributed by atoms with Crippen molar-refractivity contribution in [2.24, 2.45) is 0 Å². The molecule has 1 aliphatic heterocycles. The number of H-pyrrole nitrogens is 1. The summed E-state index contributed by atoms with van der Waals surface area (Å²) in [5.41, 5.74) is 1.76. The molecule has 0 bridgehead atoms. The number of carbonyl (C=O) groups excluding carboxylic acids is 1. The first-order valence-electron chi connectivity index (χ1n) is 7.55. The summed E-state index contributed by atoms with van der Waals surface area (Å²) >= 11 is 1.21. The monoisotopic (exact) mass is 372 g/mol. The van der Waals surface area contributed by atoms with E-state index in [2.05, 4.69) is 15.3 Å². The number of thioether (sulfide) groups is 1. The molecule has 2 aromatic carbocycles. The lowest BCUT2D eigenvalue weighted by molar-refractivity contribution is -0.384. The Balaban J connectivity index is 1.39. The van der Waals surface area contributed by atoms with Crippen LogP contribution in [0.4, 0.5) is 11.4 Å². The minimum Gasteiger partial charge on any atom is -0.454 e. The molecule has 2 heterocycles. The molecular formula is C16H12N4O5S. The third-order valence-electron chi connectivity index (χ3n) is 3.65. The highest BCUT2D eigenvalue weighted by molar-refractivity contribution is 7.99. The summed E-state index contributed by atoms with van der Waals surface area (Å²) in [6.45, 7) is 0.173. The fraction of sp³-hybridized carbons (Fsp3) is 0.125. The van der Waals surface area contributed by atoms with Gasteiger partial charge in [-0.1, -0.05) is 11.8 Å². The zero-order chi connectivity index (χ0) is 18.1. The van der Waals surface area contributed by atoms with Crippen molar-refractivity contribution in [2.45, 2.75) is 5.16 Å². The molecule has 132 valence electrons. The predicted octanol–water partition coefficient (Wildman–Crippen LogP) is 2.93. The summed E-state index contributed by atoms with van der Waals surface area (Å²) < 4.78 is 10.5. The van der Waals surface area contributed by atoms with Gasteiger partial charge in [0, 0.05) is 23.9 Å². The Morgan fingerprint density at radius 2 is 2.12 bits per heavy atom. The maximum atomic E-state index is 12.1. The van der Waals surface area contributed by atoms with Crippen molar-refractivity contribution in [3.63, 3.8) is 0 Å². The number of carbonyl (C=O) groups is 1. The van der Waals surface area contributed by atoms with E-state index in [0.717, 1.165) is 0 Å². The summed E-state index contributed by atoms with van der Waals surface area (Å²) in [5, 5.41) is 14.1. The Morgan fingerprint density at radius 3 is 2.96 bits per heavy atom. The van der Waals surface area contributed by atoms with E-state index in [1.54, 1.807) is 24.3 Å². The Labute approximate surface area is 150 Å². The second-order valence-electron chi connectivity index (χ2n) is 5.41. The number of nitro groups is 1. The van der Waals surface area contributed by atoms with Crippen LogP contribution in [-0.2, 0) is 4.79 Å². The quantitative estimate of drug-likeness (QED) is 0.401. The largest absolute Gasteiger partial charge is 0.454 e. The number of rotatable bonds is 5. The summed E-state index contributed by atoms with van der Waals surface area (Å²) in [6.07, 6.45) is 0. The molecule has 0 aliphatic carbocycles. The van der Waals surface area contributed by atoms with E-state index in [1.165, 1.54) is 23.9 Å². The van der Waals surface area contributed by atoms with Crippen molar-refractivity contribution >= 4 is 40.1 Å². The molecule has 0 unspecified atom stereocenters. The summed E-state index contributed by atoms with van der Waals surface area (Å²) in [6, 6.07) is 9.54. The summed E-state index contributed by atoms with van der Waals surface area (Å²) in [5.74, 6) is 1.17. The lowest BCUT2D eigenvalue weighted by Gasteiger charge is -2.05. The molecule has 0 saturated heterocycles. The molecule has 10 heteroatoms. The van der Waals surface area contributed by atoms with Gasteiger partial charge in [0.1, 0.15) is 0 Å². The summed E-state index contributed by atoms with van der Waals surface area (Å²) in [7, 11) is 0. The molecule has 0 fully saturated rings. The van der Waals surface area contributed by atoms with Crippen molar-refractivity contribution in [2.75, 3.05) is 17.9 Å². The van der Waals surface area contributed by atoms with Crippen LogP contribution < -0.4 is 14.8 Å². The smallest absolute Gasteiger partial charge is 0.271 e. The van der Waals surface area contributed by atoms with Crippen LogP contribution in [0.5, 0.6) is 11.5 Å². The molecule has 26 heavy (non-hydrogen) atoms. The second-order valence-corrected chi connectivity index (χ2v) is 6.37. The van der Waals surface area contributed by atoms with Crippen LogP contribution in [0.2, 0.25) is 0 Å². The van der Waals surface area contributed by atoms with E-state index in [-0.39, 0.29) is 24.1 Å². The fourth-order valence-electron chi connectivity index (χ4n) is 2.46. The van der Waals surface area contributed by atoms with E-state index in [9.17, 15) is 14.9 Å². The Bertz CT molecular complexity index is 1020. The van der Waals surface area contributed by atoms with Gasteiger partial charge in [0.25, 0.3) is 5.69 Å². The lowest BCUT2D eigenvalue weighted by Crippen LogP contribution is -2.14. The van der Waals surface area contributed by atoms with Gasteiger partial charge in [-0.2, -0.15) is 0 Å². The highest BCUT2D eigenvalue weighted by Crippen LogP contribution is 2.34. The first kappa shape index (κ1) is 16.2. The molecule has 1 amide bonds. The summed E-state index contributed by atoms with van der Waals surface area (Å²) in [4.78, 5) is 29.7. The van der Waals surface area contributed by atoms with Crippen molar-refractivity contribution < 1.29 is 19.2 Å². The average molecular weight is 372 g/mol. The number of nitrogens with one attached hydrogen (secondary N) is 2. The third kappa shape index (κ3) is 3.26. The number of non-ortho nitro benzene ring substituents is 1. The Kier molecular flexibility index (Phi) is 4.09. The highest BCUT2D eigenvalue weighted by atomic mass is 32.2. The minimum atomic E-state index is -0.466. The van der Waals surface area contributed by atoms with Crippen molar-refractivity contribution in [1.82, 2.24) is 9.97 Å². The van der Waals surface area contributed by atoms with Crippen LogP contribution in [0.25, 0.3) is 11.0 Å². The molecule has 0 spiro atoms. The number of hydrogen-bond donors (Lipinski definition) is 2. The van der Waals surface area contributed by atoms with E-state index in [4.69, 9.17) is 9.47 Å². The third-order valence-corrected chi connectivity index (χ3v) is 4.52. The molecule has 3 aromatic rings. The van der Waals surface area contributed by atoms with Crippen LogP contribution >= 0.6 is 11.8 Å². The topological polar surface area (TPSA) is 119 Å². The van der Waals surface area contributed by atoms with Crippen LogP contribution in [0.3, 0.4) is 0 Å². The van der Waals surface area contributed by atoms with Gasteiger partial charge in [0.2, 0.25) is 12.7 Å². The van der Waals surface area contributed by atoms with E-state index < -0.39 is 4.92 Å². The number of amides is 1. The van der Waals surface area contributed by atoms with Crippen LogP contribution in [0.1, 0.15) is 0 Å². The van der Waals surface area contributed by atoms with Crippen LogP contribution in [0.15, 0.2) is 41.6 Å². The van der Waals surface area contributed by atoms with Gasteiger partial charge >= 0.3 is 0 Å². The van der Waals surface area contributed by atoms with Crippen molar-refractivity contribution in [3.05, 3.63) is 46.5 Å². The number of nitro benzene ring substituents is 1. The zero-order valence-corrected chi connectivity index (χ0v) is 14.0. The first-order chi connectivity index (χ1) is 12.6. The van der Waals surface area contributed by atoms with Gasteiger partial charge < -0.3 is 19.8 Å². The van der Waals surface area contributed by atoms with Gasteiger partial charge in [-0.25, -0.2) is 4.98 Å². The SMILES string of the molecule is O=C(CSc1nc2ccc([N+](=O)[O-])cc2[nH]1)Nc1ccc2c(c1)OCO2. The maximum absolute atomic E-state index is 12.1. The van der Waals surface area contributed by atoms with Gasteiger partial charge in [-0.3, -0.25) is 14.9 Å². The predicted molar refractivity (Wildman–Crippen MR) is 94.7 cm³/mol. The number of fused-ring (bicyclic) bond motifs is 2. The van der Waals surface area contributed by atoms with E-state index in [0.29, 0.717) is 33.4 Å². The number of aromatic nitrogens is 2. The van der Waals surface area contributed by atoms with Gasteiger partial charge in [-0.05, 0) is 18.2 Å². The number of ether oxygens (including phenoxy) is 2. The second kappa shape index (κ2) is 6.56. The molecule has 4 rings (SSSR count). The van der Waals surface area contributed by atoms with Gasteiger partial charge in [-0.15, -0.1) is 0 Å². The number of anilines is 1. The molecular weight excluding hydrogens is 360 g/mol. The molecule has 0 saturated carbocycles. The molecule has 0 atom stereocenters. The molecule has 1 aromatic heterocycles. The van der Waals surface area contributed by atoms with Gasteiger partial charge in [0.15, 0.2) is 16.7 Å². The van der Waals surface area contributed by atoms with E-state index in [1.807, 2.05) is 0 Å². The Morgan fingerprint density at radius 1 is 1.27 bits per heavy atom. The lowest BCUT2D eigenvalue weighted by atomic mass is 10.3. The van der Waals surface area contributed by atoms with Crippen molar-refractivity contribution in [3.8, 4) is 11.5 Å². The fourth-order valence-corrected chi connectivity index (χ4v) is 3.15. The molecule has 2 N–H and O–H groups in total. The number of nitrogens with zero attached hydrogens (tertiary/aromatic N) is 2. The molecule has 9 nitrogen and oxygen atoms in total. The standard InChI is InChI=1S/C16H12N4O5S/c21-15(17-9-1-4-13-14(5-9)25-8-24-13)7-26-16-18-11-3-2-10(20(22)23)6-12(11)19-16/h1-6H,7-8H2,(H,17,21)(H,18,19). The number of aromatic amines is 1. The van der Waals surface area contributed by atoms with E-state index >= 15 is 0 Å². The maximum Gasteiger partial charge on any atom is 0.271 e. The number of hydrogen-bond acceptors (Lipinski definition) is 7. The number of benzene rings is 2. The molecule has 1 aliphatic rings. The van der Waals surface area contributed by atoms with Crippen LogP contribution in [0, 0.1) is 10.1 Å². The number of imidazole rings is 1. The first-order valence-corrected chi connectivity index (χ1v) is 8.53. The molecule has 0 radical (unpaired) electrons. The van der Waals surface area contributed by atoms with Crippen molar-refractivity contribution in [1.29, 1.82) is 0 Å². The average Bonchev–Trinajstić information content (AvgIpc) is 3.24. The zero-order valence-electron chi connectivity index (χ0n) is 13.2. The highest BCUT2D eigenvalue weighted by Gasteiger charge is 2.15. The minimum absolute atomic E-state index is 0.0155. The normalized spacial score (nSPS) is 12.3.